The molecule has 1 heterocycles. The average molecular weight is 365 g/mol. The van der Waals surface area contributed by atoms with Crippen molar-refractivity contribution in [1.29, 1.82) is 0 Å². The fourth-order valence-electron chi connectivity index (χ4n) is 2.63. The van der Waals surface area contributed by atoms with Gasteiger partial charge in [-0.15, -0.1) is 0 Å². The predicted molar refractivity (Wildman–Crippen MR) is 88.3 cm³/mol. The highest BCUT2D eigenvalue weighted by molar-refractivity contribution is 6.32. The maximum absolute atomic E-state index is 14.2. The van der Waals surface area contributed by atoms with Crippen LogP contribution in [0.1, 0.15) is 11.1 Å². The van der Waals surface area contributed by atoms with Gasteiger partial charge in [-0.05, 0) is 30.3 Å². The summed E-state index contributed by atoms with van der Waals surface area (Å²) in [4.78, 5) is 28.4. The van der Waals surface area contributed by atoms with Gasteiger partial charge < -0.3 is 5.11 Å². The minimum Gasteiger partial charge on any atom is -0.480 e. The van der Waals surface area contributed by atoms with Crippen LogP contribution in [0.25, 0.3) is 0 Å². The number of benzene rings is 2. The van der Waals surface area contributed by atoms with Gasteiger partial charge in [0.1, 0.15) is 24.7 Å². The molecule has 1 aliphatic rings. The number of amides is 1. The van der Waals surface area contributed by atoms with E-state index in [0.717, 1.165) is 17.0 Å². The van der Waals surface area contributed by atoms with Gasteiger partial charge in [0.05, 0.1) is 17.0 Å². The van der Waals surface area contributed by atoms with Crippen LogP contribution in [-0.4, -0.2) is 35.8 Å². The molecule has 1 aliphatic heterocycles. The minimum absolute atomic E-state index is 0.0886. The molecule has 2 aromatic rings. The summed E-state index contributed by atoms with van der Waals surface area (Å²) in [6.45, 7) is -1.04. The zero-order valence-corrected chi connectivity index (χ0v) is 13.4. The molecule has 0 radical (unpaired) electrons. The lowest BCUT2D eigenvalue weighted by molar-refractivity contribution is -0.136. The van der Waals surface area contributed by atoms with Crippen molar-refractivity contribution in [3.8, 4) is 0 Å². The number of aliphatic imine (C=N–C) groups is 1. The van der Waals surface area contributed by atoms with Gasteiger partial charge in [-0.3, -0.25) is 19.5 Å². The number of carboxylic acids is 1. The van der Waals surface area contributed by atoms with Crippen molar-refractivity contribution >= 4 is 34.9 Å². The Bertz CT molecular complexity index is 895. The fraction of sp³-hybridized carbons (Fsp3) is 0.118. The molecule has 128 valence electrons. The first-order valence-corrected chi connectivity index (χ1v) is 7.57. The molecule has 1 amide bonds. The van der Waals surface area contributed by atoms with Gasteiger partial charge in [-0.1, -0.05) is 17.7 Å². The van der Waals surface area contributed by atoms with E-state index in [1.54, 1.807) is 0 Å². The lowest BCUT2D eigenvalue weighted by atomic mass is 9.99. The van der Waals surface area contributed by atoms with Crippen molar-refractivity contribution in [3.05, 3.63) is 64.2 Å². The SMILES string of the molecule is O=C(O)CN1C(=O)CN=C(c2c(F)cccc2F)c2cc(Cl)ccc21. The molecule has 3 rings (SSSR count). The Kier molecular flexibility index (Phi) is 4.50. The fourth-order valence-corrected chi connectivity index (χ4v) is 2.80. The highest BCUT2D eigenvalue weighted by Crippen LogP contribution is 2.31. The molecular formula is C17H11ClF2N2O3. The Hall–Kier alpha value is -2.80. The quantitative estimate of drug-likeness (QED) is 0.910. The molecule has 2 aromatic carbocycles. The maximum atomic E-state index is 14.2. The van der Waals surface area contributed by atoms with Crippen molar-refractivity contribution in [3.63, 3.8) is 0 Å². The van der Waals surface area contributed by atoms with E-state index >= 15 is 0 Å². The third-order valence-corrected chi connectivity index (χ3v) is 3.91. The summed E-state index contributed by atoms with van der Waals surface area (Å²) in [5, 5.41) is 9.31. The monoisotopic (exact) mass is 364 g/mol. The number of aliphatic carboxylic acids is 1. The standard InChI is InChI=1S/C17H11ClF2N2O3/c18-9-4-5-13-10(6-9)17(16-11(19)2-1-3-12(16)20)21-7-14(23)22(13)8-15(24)25/h1-6H,7-8H2,(H,24,25). The molecule has 0 fully saturated rings. The van der Waals surface area contributed by atoms with E-state index in [1.165, 1.54) is 24.3 Å². The van der Waals surface area contributed by atoms with Crippen molar-refractivity contribution in [1.82, 2.24) is 0 Å². The minimum atomic E-state index is -1.23. The number of nitrogens with zero attached hydrogens (tertiary/aromatic N) is 2. The number of carbonyl (C=O) groups excluding carboxylic acids is 1. The second-order valence-electron chi connectivity index (χ2n) is 5.30. The van der Waals surface area contributed by atoms with E-state index in [1.807, 2.05) is 0 Å². The lowest BCUT2D eigenvalue weighted by Gasteiger charge is -2.21. The summed E-state index contributed by atoms with van der Waals surface area (Å²) in [5.41, 5.74) is -0.121. The van der Waals surface area contributed by atoms with E-state index < -0.39 is 42.2 Å². The lowest BCUT2D eigenvalue weighted by Crippen LogP contribution is -2.37. The number of hydrogen-bond acceptors (Lipinski definition) is 3. The molecule has 0 saturated heterocycles. The number of anilines is 1. The molecule has 0 aliphatic carbocycles. The van der Waals surface area contributed by atoms with Crippen LogP contribution in [0.15, 0.2) is 41.4 Å². The number of hydrogen-bond donors (Lipinski definition) is 1. The molecule has 1 N–H and O–H groups in total. The number of fused-ring (bicyclic) bond motifs is 1. The Balaban J connectivity index is 2.25. The molecule has 5 nitrogen and oxygen atoms in total. The smallest absolute Gasteiger partial charge is 0.323 e. The molecule has 0 aromatic heterocycles. The van der Waals surface area contributed by atoms with Crippen LogP contribution in [0.2, 0.25) is 5.02 Å². The second kappa shape index (κ2) is 6.60. The largest absolute Gasteiger partial charge is 0.480 e. The highest BCUT2D eigenvalue weighted by Gasteiger charge is 2.29. The Labute approximate surface area is 146 Å². The molecule has 0 atom stereocenters. The van der Waals surface area contributed by atoms with Crippen molar-refractivity contribution in [2.45, 2.75) is 0 Å². The molecule has 25 heavy (non-hydrogen) atoms. The topological polar surface area (TPSA) is 70.0 Å². The number of carbonyl (C=O) groups is 2. The van der Waals surface area contributed by atoms with Gasteiger partial charge in [0.15, 0.2) is 0 Å². The van der Waals surface area contributed by atoms with Crippen LogP contribution in [0, 0.1) is 11.6 Å². The summed E-state index contributed by atoms with van der Waals surface area (Å²) in [7, 11) is 0. The zero-order valence-electron chi connectivity index (χ0n) is 12.7. The zero-order chi connectivity index (χ0) is 18.1. The third-order valence-electron chi connectivity index (χ3n) is 3.67. The Morgan fingerprint density at radius 1 is 1.24 bits per heavy atom. The Morgan fingerprint density at radius 2 is 1.92 bits per heavy atom. The summed E-state index contributed by atoms with van der Waals surface area (Å²) in [6.07, 6.45) is 0. The summed E-state index contributed by atoms with van der Waals surface area (Å²) >= 11 is 5.99. The predicted octanol–water partition coefficient (Wildman–Crippen LogP) is 2.89. The highest BCUT2D eigenvalue weighted by atomic mass is 35.5. The van der Waals surface area contributed by atoms with Crippen molar-refractivity contribution < 1.29 is 23.5 Å². The molecular weight excluding hydrogens is 354 g/mol. The number of benzodiazepines with no additional fused rings is 1. The van der Waals surface area contributed by atoms with Crippen LogP contribution >= 0.6 is 11.6 Å². The maximum Gasteiger partial charge on any atom is 0.323 e. The van der Waals surface area contributed by atoms with Gasteiger partial charge in [0.25, 0.3) is 0 Å². The van der Waals surface area contributed by atoms with E-state index in [0.29, 0.717) is 0 Å². The second-order valence-corrected chi connectivity index (χ2v) is 5.73. The normalized spacial score (nSPS) is 14.0. The number of halogens is 3. The molecule has 8 heteroatoms. The van der Waals surface area contributed by atoms with Gasteiger partial charge in [0, 0.05) is 10.6 Å². The van der Waals surface area contributed by atoms with E-state index in [-0.39, 0.29) is 22.0 Å². The molecule has 0 bridgehead atoms. The van der Waals surface area contributed by atoms with Crippen LogP contribution in [0.3, 0.4) is 0 Å². The summed E-state index contributed by atoms with van der Waals surface area (Å²) in [6, 6.07) is 7.66. The van der Waals surface area contributed by atoms with Crippen LogP contribution in [-0.2, 0) is 9.59 Å². The van der Waals surface area contributed by atoms with Crippen molar-refractivity contribution in [2.24, 2.45) is 4.99 Å². The summed E-state index contributed by atoms with van der Waals surface area (Å²) < 4.78 is 28.4. The number of carboxylic acid groups (broad SMARTS) is 1. The number of rotatable bonds is 3. The van der Waals surface area contributed by atoms with Crippen LogP contribution in [0.5, 0.6) is 0 Å². The first-order chi connectivity index (χ1) is 11.9. The molecule has 0 saturated carbocycles. The Morgan fingerprint density at radius 3 is 2.56 bits per heavy atom. The van der Waals surface area contributed by atoms with Crippen LogP contribution in [0.4, 0.5) is 14.5 Å². The van der Waals surface area contributed by atoms with Crippen molar-refractivity contribution in [2.75, 3.05) is 18.0 Å². The third kappa shape index (κ3) is 3.23. The van der Waals surface area contributed by atoms with Gasteiger partial charge >= 0.3 is 5.97 Å². The molecule has 0 spiro atoms. The van der Waals surface area contributed by atoms with Gasteiger partial charge in [-0.25, -0.2) is 8.78 Å². The first-order valence-electron chi connectivity index (χ1n) is 7.19. The molecule has 0 unspecified atom stereocenters. The van der Waals surface area contributed by atoms with E-state index in [2.05, 4.69) is 4.99 Å². The van der Waals surface area contributed by atoms with Gasteiger partial charge in [0.2, 0.25) is 5.91 Å². The van der Waals surface area contributed by atoms with Gasteiger partial charge in [-0.2, -0.15) is 0 Å². The average Bonchev–Trinajstić information content (AvgIpc) is 2.66. The van der Waals surface area contributed by atoms with Crippen LogP contribution < -0.4 is 4.90 Å². The first kappa shape index (κ1) is 17.0. The van der Waals surface area contributed by atoms with E-state index in [4.69, 9.17) is 16.7 Å². The van der Waals surface area contributed by atoms with E-state index in [9.17, 15) is 18.4 Å². The summed E-state index contributed by atoms with van der Waals surface area (Å²) in [5.74, 6) is -3.51.